The predicted octanol–water partition coefficient (Wildman–Crippen LogP) is 3.80. The van der Waals surface area contributed by atoms with Crippen molar-refractivity contribution in [2.75, 3.05) is 13.7 Å². The summed E-state index contributed by atoms with van der Waals surface area (Å²) in [6, 6.07) is 13.9. The molecule has 0 spiro atoms. The monoisotopic (exact) mass is 430 g/mol. The number of hydrogen-bond acceptors (Lipinski definition) is 3. The Morgan fingerprint density at radius 2 is 1.93 bits per heavy atom. The van der Waals surface area contributed by atoms with Crippen molar-refractivity contribution >= 4 is 23.4 Å². The van der Waals surface area contributed by atoms with Crippen LogP contribution in [0.5, 0.6) is 5.75 Å². The fraction of sp³-hybridized carbons (Fsp3) is 0.391. The Morgan fingerprint density at radius 1 is 1.20 bits per heavy atom. The first-order valence-electron chi connectivity index (χ1n) is 10.0. The highest BCUT2D eigenvalue weighted by atomic mass is 35.5. The fourth-order valence-electron chi connectivity index (χ4n) is 4.71. The van der Waals surface area contributed by atoms with E-state index in [1.165, 1.54) is 12.1 Å². The molecule has 5 nitrogen and oxygen atoms in total. The third-order valence-corrected chi connectivity index (χ3v) is 6.46. The molecule has 5 rings (SSSR count). The van der Waals surface area contributed by atoms with E-state index in [9.17, 15) is 14.0 Å². The highest BCUT2D eigenvalue weighted by Crippen LogP contribution is 2.59. The zero-order valence-electron chi connectivity index (χ0n) is 16.7. The van der Waals surface area contributed by atoms with E-state index in [0.29, 0.717) is 18.9 Å². The van der Waals surface area contributed by atoms with E-state index in [2.05, 4.69) is 5.32 Å². The van der Waals surface area contributed by atoms with Crippen LogP contribution in [0.2, 0.25) is 5.02 Å². The van der Waals surface area contributed by atoms with E-state index < -0.39 is 5.82 Å². The van der Waals surface area contributed by atoms with Crippen LogP contribution in [-0.2, 0) is 16.1 Å². The quantitative estimate of drug-likeness (QED) is 0.726. The number of benzene rings is 2. The van der Waals surface area contributed by atoms with Crippen molar-refractivity contribution in [2.45, 2.75) is 31.8 Å². The molecule has 0 aromatic heterocycles. The Morgan fingerprint density at radius 3 is 2.63 bits per heavy atom. The Bertz CT molecular complexity index is 947. The number of carbonyl (C=O) groups is 2. The van der Waals surface area contributed by atoms with Crippen molar-refractivity contribution in [3.63, 3.8) is 0 Å². The molecule has 158 valence electrons. The van der Waals surface area contributed by atoms with E-state index in [1.54, 1.807) is 4.90 Å². The number of carbonyl (C=O) groups excluding carboxylic acids is 2. The number of nitrogens with zero attached hydrogens (tertiary/aromatic N) is 1. The number of amides is 2. The minimum absolute atomic E-state index is 0.00438. The highest BCUT2D eigenvalue weighted by Gasteiger charge is 2.61. The van der Waals surface area contributed by atoms with Gasteiger partial charge in [0.15, 0.2) is 6.61 Å². The topological polar surface area (TPSA) is 58.6 Å². The third-order valence-electron chi connectivity index (χ3n) is 6.16. The van der Waals surface area contributed by atoms with Gasteiger partial charge in [0.2, 0.25) is 5.91 Å². The van der Waals surface area contributed by atoms with Crippen molar-refractivity contribution in [3.8, 4) is 5.75 Å². The van der Waals surface area contributed by atoms with Gasteiger partial charge in [0.05, 0.1) is 10.4 Å². The molecule has 30 heavy (non-hydrogen) atoms. The van der Waals surface area contributed by atoms with Crippen LogP contribution in [0.3, 0.4) is 0 Å². The van der Waals surface area contributed by atoms with Crippen LogP contribution in [0.1, 0.15) is 24.8 Å². The largest absolute Gasteiger partial charge is 0.484 e. The minimum atomic E-state index is -0.591. The van der Waals surface area contributed by atoms with Crippen LogP contribution in [0, 0.1) is 17.2 Å². The standard InChI is InChI=1S/C23H24ClFN2O3/c1-27(13-15-5-3-2-4-6-15)22(29)23-10-16(11-23)20(12-23)26-21(28)14-30-17-7-8-18(24)19(25)9-17/h2-9,16,20H,10-14H2,1H3,(H,26,28)/t16?,20-,23?/m0/s1. The SMILES string of the molecule is CN(Cc1ccccc1)C(=O)C12CC(C1)[C@@H](NC(=O)COc1ccc(Cl)c(F)c1)C2. The summed E-state index contributed by atoms with van der Waals surface area (Å²) >= 11 is 5.64. The van der Waals surface area contributed by atoms with Gasteiger partial charge in [-0.3, -0.25) is 9.59 Å². The Kier molecular flexibility index (Phi) is 5.69. The second-order valence-corrected chi connectivity index (χ2v) is 8.75. The third kappa shape index (κ3) is 4.15. The lowest BCUT2D eigenvalue weighted by molar-refractivity contribution is -0.145. The van der Waals surface area contributed by atoms with E-state index in [-0.39, 0.29) is 40.7 Å². The molecule has 1 atom stereocenters. The lowest BCUT2D eigenvalue weighted by atomic mass is 9.68. The molecule has 0 saturated heterocycles. The summed E-state index contributed by atoms with van der Waals surface area (Å²) < 4.78 is 18.8. The first-order valence-corrected chi connectivity index (χ1v) is 10.4. The maximum absolute atomic E-state index is 13.5. The van der Waals surface area contributed by atoms with Gasteiger partial charge in [0.1, 0.15) is 11.6 Å². The maximum Gasteiger partial charge on any atom is 0.258 e. The molecule has 2 amide bonds. The molecule has 3 aliphatic carbocycles. The molecule has 0 heterocycles. The van der Waals surface area contributed by atoms with Gasteiger partial charge in [0, 0.05) is 25.7 Å². The van der Waals surface area contributed by atoms with Crippen LogP contribution in [0.15, 0.2) is 48.5 Å². The average molecular weight is 431 g/mol. The average Bonchev–Trinajstić information content (AvgIpc) is 3.24. The van der Waals surface area contributed by atoms with E-state index >= 15 is 0 Å². The number of hydrogen-bond donors (Lipinski definition) is 1. The molecule has 3 fully saturated rings. The normalized spacial score (nSPS) is 24.1. The van der Waals surface area contributed by atoms with Gasteiger partial charge in [-0.1, -0.05) is 41.9 Å². The number of nitrogens with one attached hydrogen (secondary N) is 1. The van der Waals surface area contributed by atoms with E-state index in [0.717, 1.165) is 24.5 Å². The molecule has 3 aliphatic rings. The lowest BCUT2D eigenvalue weighted by Gasteiger charge is -2.39. The fourth-order valence-corrected chi connectivity index (χ4v) is 4.83. The zero-order chi connectivity index (χ0) is 21.3. The smallest absolute Gasteiger partial charge is 0.258 e. The first kappa shape index (κ1) is 20.7. The molecule has 2 bridgehead atoms. The lowest BCUT2D eigenvalue weighted by Crippen LogP contribution is -2.45. The van der Waals surface area contributed by atoms with Gasteiger partial charge in [-0.25, -0.2) is 4.39 Å². The molecular formula is C23H24ClFN2O3. The summed E-state index contributed by atoms with van der Waals surface area (Å²) in [6.45, 7) is 0.369. The van der Waals surface area contributed by atoms with Crippen molar-refractivity contribution in [2.24, 2.45) is 11.3 Å². The van der Waals surface area contributed by atoms with Crippen LogP contribution in [-0.4, -0.2) is 36.4 Å². The van der Waals surface area contributed by atoms with Crippen LogP contribution >= 0.6 is 11.6 Å². The van der Waals surface area contributed by atoms with Gasteiger partial charge in [-0.2, -0.15) is 0 Å². The van der Waals surface area contributed by atoms with Crippen molar-refractivity contribution in [1.82, 2.24) is 10.2 Å². The van der Waals surface area contributed by atoms with Crippen LogP contribution < -0.4 is 10.1 Å². The highest BCUT2D eigenvalue weighted by molar-refractivity contribution is 6.30. The Balaban J connectivity index is 1.28. The van der Waals surface area contributed by atoms with E-state index in [4.69, 9.17) is 16.3 Å². The second-order valence-electron chi connectivity index (χ2n) is 8.34. The summed E-state index contributed by atoms with van der Waals surface area (Å²) in [5.74, 6) is -0.158. The van der Waals surface area contributed by atoms with Gasteiger partial charge in [-0.15, -0.1) is 0 Å². The number of halogens is 2. The number of ether oxygens (including phenoxy) is 1. The molecule has 1 N–H and O–H groups in total. The predicted molar refractivity (Wildman–Crippen MR) is 112 cm³/mol. The summed E-state index contributed by atoms with van der Waals surface area (Å²) in [5.41, 5.74) is 0.728. The van der Waals surface area contributed by atoms with Crippen molar-refractivity contribution < 1.29 is 18.7 Å². The molecule has 3 saturated carbocycles. The minimum Gasteiger partial charge on any atom is -0.484 e. The molecule has 2 aromatic carbocycles. The number of rotatable bonds is 7. The number of fused-ring (bicyclic) bond motifs is 1. The molecule has 2 aromatic rings. The summed E-state index contributed by atoms with van der Waals surface area (Å²) in [7, 11) is 1.84. The molecule has 0 unspecified atom stereocenters. The van der Waals surface area contributed by atoms with Crippen LogP contribution in [0.25, 0.3) is 0 Å². The molecule has 0 aliphatic heterocycles. The van der Waals surface area contributed by atoms with Gasteiger partial charge >= 0.3 is 0 Å². The van der Waals surface area contributed by atoms with E-state index in [1.807, 2.05) is 37.4 Å². The molecular weight excluding hydrogens is 407 g/mol. The van der Waals surface area contributed by atoms with Crippen molar-refractivity contribution in [3.05, 3.63) is 64.9 Å². The second kappa shape index (κ2) is 8.26. The zero-order valence-corrected chi connectivity index (χ0v) is 17.5. The van der Waals surface area contributed by atoms with Crippen molar-refractivity contribution in [1.29, 1.82) is 0 Å². The summed E-state index contributed by atoms with van der Waals surface area (Å²) in [4.78, 5) is 27.1. The van der Waals surface area contributed by atoms with Gasteiger partial charge < -0.3 is 15.0 Å². The summed E-state index contributed by atoms with van der Waals surface area (Å²) in [6.07, 6.45) is 2.26. The first-order chi connectivity index (χ1) is 14.4. The summed E-state index contributed by atoms with van der Waals surface area (Å²) in [5, 5.41) is 2.98. The Labute approximate surface area is 180 Å². The van der Waals surface area contributed by atoms with Crippen LogP contribution in [0.4, 0.5) is 4.39 Å². The van der Waals surface area contributed by atoms with Gasteiger partial charge in [0.25, 0.3) is 5.91 Å². The molecule has 7 heteroatoms. The Hall–Kier alpha value is -2.60. The maximum atomic E-state index is 13.5. The van der Waals surface area contributed by atoms with Gasteiger partial charge in [-0.05, 0) is 42.9 Å². The molecule has 0 radical (unpaired) electrons.